The van der Waals surface area contributed by atoms with E-state index in [9.17, 15) is 8.42 Å². The smallest absolute Gasteiger partial charge is 0.279 e. The van der Waals surface area contributed by atoms with E-state index in [2.05, 4.69) is 4.72 Å². The van der Waals surface area contributed by atoms with Crippen LogP contribution in [0.15, 0.2) is 18.2 Å². The molecule has 1 aromatic rings. The SMILES string of the molecule is C[C@@H]1CN(S(=O)(=O)NCCCOc2ccc(Cl)cc2Cl)C[C@H](C)O1. The maximum atomic E-state index is 12.3. The summed E-state index contributed by atoms with van der Waals surface area (Å²) < 4.78 is 39.7. The van der Waals surface area contributed by atoms with E-state index in [1.54, 1.807) is 18.2 Å². The van der Waals surface area contributed by atoms with Gasteiger partial charge < -0.3 is 9.47 Å². The molecule has 1 aliphatic rings. The predicted octanol–water partition coefficient (Wildman–Crippen LogP) is 2.71. The molecule has 1 heterocycles. The number of morpholine rings is 1. The highest BCUT2D eigenvalue weighted by molar-refractivity contribution is 7.87. The zero-order valence-corrected chi connectivity index (χ0v) is 16.0. The van der Waals surface area contributed by atoms with E-state index in [4.69, 9.17) is 32.7 Å². The normalized spacial score (nSPS) is 22.5. The number of hydrogen-bond donors (Lipinski definition) is 1. The summed E-state index contributed by atoms with van der Waals surface area (Å²) in [5.74, 6) is 0.528. The summed E-state index contributed by atoms with van der Waals surface area (Å²) in [7, 11) is -3.50. The van der Waals surface area contributed by atoms with Crippen LogP contribution in [-0.4, -0.2) is 51.2 Å². The first kappa shape index (κ1) is 19.8. The van der Waals surface area contributed by atoms with E-state index in [0.29, 0.717) is 41.9 Å². The Morgan fingerprint density at radius 2 is 1.96 bits per heavy atom. The van der Waals surface area contributed by atoms with Crippen LogP contribution >= 0.6 is 23.2 Å². The van der Waals surface area contributed by atoms with Gasteiger partial charge in [-0.3, -0.25) is 0 Å². The van der Waals surface area contributed by atoms with Crippen molar-refractivity contribution < 1.29 is 17.9 Å². The van der Waals surface area contributed by atoms with E-state index >= 15 is 0 Å². The molecule has 2 rings (SSSR count). The van der Waals surface area contributed by atoms with Gasteiger partial charge in [-0.15, -0.1) is 0 Å². The van der Waals surface area contributed by atoms with Crippen LogP contribution < -0.4 is 9.46 Å². The molecule has 0 saturated carbocycles. The van der Waals surface area contributed by atoms with Crippen molar-refractivity contribution in [2.75, 3.05) is 26.2 Å². The molecule has 9 heteroatoms. The van der Waals surface area contributed by atoms with Crippen molar-refractivity contribution >= 4 is 33.4 Å². The lowest BCUT2D eigenvalue weighted by atomic mass is 10.3. The van der Waals surface area contributed by atoms with Crippen molar-refractivity contribution in [3.63, 3.8) is 0 Å². The number of benzene rings is 1. The monoisotopic (exact) mass is 396 g/mol. The third-order valence-corrected chi connectivity index (χ3v) is 5.56. The molecule has 1 N–H and O–H groups in total. The summed E-state index contributed by atoms with van der Waals surface area (Å²) in [6, 6.07) is 4.97. The van der Waals surface area contributed by atoms with Gasteiger partial charge in [-0.05, 0) is 38.5 Å². The first-order valence-electron chi connectivity index (χ1n) is 7.76. The molecule has 1 saturated heterocycles. The Hall–Kier alpha value is -0.570. The maximum absolute atomic E-state index is 12.3. The van der Waals surface area contributed by atoms with E-state index in [1.165, 1.54) is 4.31 Å². The average molecular weight is 397 g/mol. The van der Waals surface area contributed by atoms with Gasteiger partial charge in [0.2, 0.25) is 0 Å². The van der Waals surface area contributed by atoms with Gasteiger partial charge in [0.1, 0.15) is 5.75 Å². The summed E-state index contributed by atoms with van der Waals surface area (Å²) in [6.07, 6.45) is 0.301. The van der Waals surface area contributed by atoms with Gasteiger partial charge in [0.05, 0.1) is 23.8 Å². The van der Waals surface area contributed by atoms with Crippen molar-refractivity contribution in [1.82, 2.24) is 9.03 Å². The fourth-order valence-electron chi connectivity index (χ4n) is 2.47. The fraction of sp³-hybridized carbons (Fsp3) is 0.600. The molecule has 0 aromatic heterocycles. The topological polar surface area (TPSA) is 67.9 Å². The highest BCUT2D eigenvalue weighted by Crippen LogP contribution is 2.27. The average Bonchev–Trinajstić information content (AvgIpc) is 2.48. The van der Waals surface area contributed by atoms with Gasteiger partial charge in [0.15, 0.2) is 0 Å². The van der Waals surface area contributed by atoms with Crippen molar-refractivity contribution in [1.29, 1.82) is 0 Å². The van der Waals surface area contributed by atoms with Crippen LogP contribution in [0.3, 0.4) is 0 Å². The first-order valence-corrected chi connectivity index (χ1v) is 9.95. The van der Waals surface area contributed by atoms with E-state index in [0.717, 1.165) is 0 Å². The minimum atomic E-state index is -3.50. The molecular weight excluding hydrogens is 375 g/mol. The van der Waals surface area contributed by atoms with Gasteiger partial charge in [0, 0.05) is 24.7 Å². The lowest BCUT2D eigenvalue weighted by Gasteiger charge is -2.34. The summed E-state index contributed by atoms with van der Waals surface area (Å²) in [5.41, 5.74) is 0. The number of nitrogens with zero attached hydrogens (tertiary/aromatic N) is 1. The van der Waals surface area contributed by atoms with E-state index in [1.807, 2.05) is 13.8 Å². The Bertz CT molecular complexity index is 647. The Morgan fingerprint density at radius 3 is 2.58 bits per heavy atom. The van der Waals surface area contributed by atoms with Crippen LogP contribution in [0.1, 0.15) is 20.3 Å². The van der Waals surface area contributed by atoms with Crippen LogP contribution in [-0.2, 0) is 14.9 Å². The van der Waals surface area contributed by atoms with E-state index in [-0.39, 0.29) is 18.8 Å². The number of nitrogens with one attached hydrogen (secondary N) is 1. The molecule has 0 unspecified atom stereocenters. The molecule has 0 radical (unpaired) electrons. The Morgan fingerprint density at radius 1 is 1.29 bits per heavy atom. The Labute approximate surface area is 153 Å². The molecule has 24 heavy (non-hydrogen) atoms. The predicted molar refractivity (Wildman–Crippen MR) is 95.1 cm³/mol. The molecule has 136 valence electrons. The molecular formula is C15H22Cl2N2O4S. The fourth-order valence-corrected chi connectivity index (χ4v) is 4.33. The third-order valence-electron chi connectivity index (χ3n) is 3.48. The molecule has 2 atom stereocenters. The van der Waals surface area contributed by atoms with Crippen molar-refractivity contribution in [2.24, 2.45) is 0 Å². The van der Waals surface area contributed by atoms with Crippen LogP contribution in [0.4, 0.5) is 0 Å². The van der Waals surface area contributed by atoms with Crippen molar-refractivity contribution in [3.8, 4) is 5.75 Å². The molecule has 6 nitrogen and oxygen atoms in total. The molecule has 1 fully saturated rings. The van der Waals surface area contributed by atoms with Gasteiger partial charge in [-0.2, -0.15) is 12.7 Å². The maximum Gasteiger partial charge on any atom is 0.279 e. The molecule has 0 spiro atoms. The van der Waals surface area contributed by atoms with Gasteiger partial charge in [0.25, 0.3) is 10.2 Å². The molecule has 0 amide bonds. The van der Waals surface area contributed by atoms with Crippen LogP contribution in [0.5, 0.6) is 5.75 Å². The number of rotatable bonds is 7. The molecule has 0 aliphatic carbocycles. The largest absolute Gasteiger partial charge is 0.492 e. The third kappa shape index (κ3) is 5.75. The lowest BCUT2D eigenvalue weighted by Crippen LogP contribution is -2.52. The number of ether oxygens (including phenoxy) is 2. The standard InChI is InChI=1S/C15H22Cl2N2O4S/c1-11-9-19(10-12(2)23-11)24(20,21)18-6-3-7-22-15-5-4-13(16)8-14(15)17/h4-5,8,11-12,18H,3,6-7,9-10H2,1-2H3/t11-,12+. The van der Waals surface area contributed by atoms with Crippen LogP contribution in [0, 0.1) is 0 Å². The molecule has 1 aromatic carbocycles. The quantitative estimate of drug-likeness (QED) is 0.719. The minimum absolute atomic E-state index is 0.110. The Balaban J connectivity index is 1.75. The molecule has 0 bridgehead atoms. The number of halogens is 2. The summed E-state index contributed by atoms with van der Waals surface area (Å²) in [6.45, 7) is 5.07. The minimum Gasteiger partial charge on any atom is -0.492 e. The van der Waals surface area contributed by atoms with Gasteiger partial charge in [-0.25, -0.2) is 4.72 Å². The Kier molecular flexibility index (Phi) is 7.15. The zero-order chi connectivity index (χ0) is 17.7. The zero-order valence-electron chi connectivity index (χ0n) is 13.7. The highest BCUT2D eigenvalue weighted by atomic mass is 35.5. The second kappa shape index (κ2) is 8.69. The van der Waals surface area contributed by atoms with Gasteiger partial charge >= 0.3 is 0 Å². The van der Waals surface area contributed by atoms with Crippen LogP contribution in [0.25, 0.3) is 0 Å². The highest BCUT2D eigenvalue weighted by Gasteiger charge is 2.30. The summed E-state index contributed by atoms with van der Waals surface area (Å²) in [4.78, 5) is 0. The second-order valence-corrected chi connectivity index (χ2v) is 8.35. The molecule has 1 aliphatic heterocycles. The van der Waals surface area contributed by atoms with Crippen molar-refractivity contribution in [3.05, 3.63) is 28.2 Å². The van der Waals surface area contributed by atoms with Crippen LogP contribution in [0.2, 0.25) is 10.0 Å². The first-order chi connectivity index (χ1) is 11.3. The van der Waals surface area contributed by atoms with Crippen molar-refractivity contribution in [2.45, 2.75) is 32.5 Å². The van der Waals surface area contributed by atoms with Gasteiger partial charge in [-0.1, -0.05) is 23.2 Å². The van der Waals surface area contributed by atoms with E-state index < -0.39 is 10.2 Å². The number of hydrogen-bond acceptors (Lipinski definition) is 4. The summed E-state index contributed by atoms with van der Waals surface area (Å²) in [5, 5.41) is 0.966. The summed E-state index contributed by atoms with van der Waals surface area (Å²) >= 11 is 11.8. The lowest BCUT2D eigenvalue weighted by molar-refractivity contribution is -0.0443. The second-order valence-electron chi connectivity index (χ2n) is 5.75.